The molecule has 0 radical (unpaired) electrons. The third kappa shape index (κ3) is 3.73. The molecule has 1 N–H and O–H groups in total. The topological polar surface area (TPSA) is 111 Å². The molecule has 0 spiro atoms. The average Bonchev–Trinajstić information content (AvgIpc) is 2.74. The molecule has 8 heteroatoms. The Kier molecular flexibility index (Phi) is 5.07. The van der Waals surface area contributed by atoms with Gasteiger partial charge in [-0.25, -0.2) is 4.98 Å². The largest absolute Gasteiger partial charge is 0.502 e. The molecule has 1 heterocycles. The summed E-state index contributed by atoms with van der Waals surface area (Å²) in [6, 6.07) is 11.1. The Labute approximate surface area is 166 Å². The van der Waals surface area contributed by atoms with Crippen LogP contribution < -0.4 is 5.56 Å². The van der Waals surface area contributed by atoms with Crippen molar-refractivity contribution in [2.24, 2.45) is 5.10 Å². The molecular formula is C21H20N4O4. The maximum Gasteiger partial charge on any atom is 0.311 e. The molecule has 4 rings (SSSR count). The molecule has 2 aromatic carbocycles. The Balaban J connectivity index is 1.82. The van der Waals surface area contributed by atoms with Crippen LogP contribution >= 0.6 is 0 Å². The molecule has 8 nitrogen and oxygen atoms in total. The summed E-state index contributed by atoms with van der Waals surface area (Å²) in [5.74, 6) is 0.352. The Bertz CT molecular complexity index is 1160. The molecule has 0 bridgehead atoms. The highest BCUT2D eigenvalue weighted by Crippen LogP contribution is 2.32. The molecule has 1 aliphatic rings. The number of benzene rings is 2. The maximum atomic E-state index is 13.1. The normalized spacial score (nSPS) is 15.2. The van der Waals surface area contributed by atoms with Crippen LogP contribution in [0.3, 0.4) is 0 Å². The van der Waals surface area contributed by atoms with Gasteiger partial charge in [0.25, 0.3) is 5.56 Å². The molecule has 1 aromatic heterocycles. The summed E-state index contributed by atoms with van der Waals surface area (Å²) in [7, 11) is 0. The summed E-state index contributed by atoms with van der Waals surface area (Å²) in [6.45, 7) is 0. The van der Waals surface area contributed by atoms with E-state index in [9.17, 15) is 20.0 Å². The second-order valence-corrected chi connectivity index (χ2v) is 7.19. The number of hydrogen-bond donors (Lipinski definition) is 1. The number of aromatic nitrogens is 2. The fourth-order valence-corrected chi connectivity index (χ4v) is 3.77. The molecule has 148 valence electrons. The van der Waals surface area contributed by atoms with Gasteiger partial charge in [-0.3, -0.25) is 14.9 Å². The van der Waals surface area contributed by atoms with Crippen molar-refractivity contribution in [2.75, 3.05) is 0 Å². The number of phenols is 1. The Morgan fingerprint density at radius 3 is 2.69 bits per heavy atom. The van der Waals surface area contributed by atoms with Crippen LogP contribution in [0.1, 0.15) is 49.4 Å². The third-order valence-corrected chi connectivity index (χ3v) is 5.27. The van der Waals surface area contributed by atoms with Gasteiger partial charge in [-0.2, -0.15) is 9.78 Å². The third-order valence-electron chi connectivity index (χ3n) is 5.27. The van der Waals surface area contributed by atoms with E-state index in [0.29, 0.717) is 22.3 Å². The predicted octanol–water partition coefficient (Wildman–Crippen LogP) is 3.94. The monoisotopic (exact) mass is 392 g/mol. The minimum absolute atomic E-state index is 0.146. The van der Waals surface area contributed by atoms with Crippen molar-refractivity contribution in [3.05, 3.63) is 74.3 Å². The fourth-order valence-electron chi connectivity index (χ4n) is 3.77. The van der Waals surface area contributed by atoms with Crippen molar-refractivity contribution in [1.82, 2.24) is 9.66 Å². The summed E-state index contributed by atoms with van der Waals surface area (Å²) in [5.41, 5.74) is 0.375. The van der Waals surface area contributed by atoms with E-state index in [2.05, 4.69) is 5.10 Å². The van der Waals surface area contributed by atoms with Crippen molar-refractivity contribution in [1.29, 1.82) is 0 Å². The minimum atomic E-state index is -0.663. The van der Waals surface area contributed by atoms with E-state index in [0.717, 1.165) is 25.7 Å². The van der Waals surface area contributed by atoms with Gasteiger partial charge in [0.1, 0.15) is 5.82 Å². The fraction of sp³-hybridized carbons (Fsp3) is 0.286. The number of nitrogens with zero attached hydrogens (tertiary/aromatic N) is 4. The van der Waals surface area contributed by atoms with Crippen LogP contribution in [0.2, 0.25) is 0 Å². The summed E-state index contributed by atoms with van der Waals surface area (Å²) in [6.07, 6.45) is 6.63. The zero-order chi connectivity index (χ0) is 20.4. The summed E-state index contributed by atoms with van der Waals surface area (Å²) in [4.78, 5) is 28.2. The lowest BCUT2D eigenvalue weighted by Crippen LogP contribution is -2.25. The van der Waals surface area contributed by atoms with Crippen LogP contribution in [-0.2, 0) is 0 Å². The average molecular weight is 392 g/mol. The van der Waals surface area contributed by atoms with Gasteiger partial charge in [-0.15, -0.1) is 0 Å². The number of rotatable bonds is 4. The van der Waals surface area contributed by atoms with Gasteiger partial charge >= 0.3 is 5.69 Å². The summed E-state index contributed by atoms with van der Waals surface area (Å²) < 4.78 is 1.32. The number of nitro benzene ring substituents is 1. The lowest BCUT2D eigenvalue weighted by Gasteiger charge is -2.22. The quantitative estimate of drug-likeness (QED) is 0.411. The van der Waals surface area contributed by atoms with Crippen molar-refractivity contribution in [2.45, 2.75) is 38.0 Å². The van der Waals surface area contributed by atoms with Gasteiger partial charge in [-0.05, 0) is 37.1 Å². The van der Waals surface area contributed by atoms with Gasteiger partial charge in [0.05, 0.1) is 22.0 Å². The van der Waals surface area contributed by atoms with Crippen LogP contribution in [0.15, 0.2) is 52.4 Å². The van der Waals surface area contributed by atoms with Gasteiger partial charge in [-0.1, -0.05) is 31.4 Å². The molecule has 0 atom stereocenters. The highest BCUT2D eigenvalue weighted by atomic mass is 16.6. The number of hydrogen-bond acceptors (Lipinski definition) is 6. The van der Waals surface area contributed by atoms with Crippen LogP contribution in [0.25, 0.3) is 10.9 Å². The Morgan fingerprint density at radius 1 is 1.17 bits per heavy atom. The molecule has 0 saturated heterocycles. The second kappa shape index (κ2) is 7.83. The van der Waals surface area contributed by atoms with Crippen LogP contribution in [0.5, 0.6) is 5.75 Å². The standard InChI is InChI=1S/C21H20N4O4/c26-19-11-10-14(12-18(19)25(28)29)13-22-24-20(15-6-2-1-3-7-15)23-17-9-5-4-8-16(17)21(24)27/h4-5,8-13,15,26H,1-3,6-7H2. The number of aromatic hydroxyl groups is 1. The van der Waals surface area contributed by atoms with Crippen molar-refractivity contribution < 1.29 is 10.0 Å². The van der Waals surface area contributed by atoms with Crippen molar-refractivity contribution in [3.8, 4) is 5.75 Å². The number of fused-ring (bicyclic) bond motifs is 1. The van der Waals surface area contributed by atoms with Gasteiger partial charge in [0, 0.05) is 17.5 Å². The lowest BCUT2D eigenvalue weighted by molar-refractivity contribution is -0.385. The van der Waals surface area contributed by atoms with E-state index in [1.807, 2.05) is 12.1 Å². The maximum absolute atomic E-state index is 13.1. The van der Waals surface area contributed by atoms with E-state index in [4.69, 9.17) is 4.98 Å². The molecule has 1 fully saturated rings. The first-order valence-electron chi connectivity index (χ1n) is 9.58. The second-order valence-electron chi connectivity index (χ2n) is 7.19. The molecule has 0 unspecified atom stereocenters. The predicted molar refractivity (Wildman–Crippen MR) is 110 cm³/mol. The molecule has 1 saturated carbocycles. The summed E-state index contributed by atoms with van der Waals surface area (Å²) in [5, 5.41) is 25.5. The van der Waals surface area contributed by atoms with Gasteiger partial charge < -0.3 is 5.11 Å². The van der Waals surface area contributed by atoms with Crippen molar-refractivity contribution in [3.63, 3.8) is 0 Å². The highest BCUT2D eigenvalue weighted by Gasteiger charge is 2.22. The van der Waals surface area contributed by atoms with Gasteiger partial charge in [0.2, 0.25) is 0 Å². The van der Waals surface area contributed by atoms with Crippen molar-refractivity contribution >= 4 is 22.8 Å². The van der Waals surface area contributed by atoms with E-state index in [1.54, 1.807) is 12.1 Å². The first kappa shape index (κ1) is 18.8. The molecular weight excluding hydrogens is 372 g/mol. The smallest absolute Gasteiger partial charge is 0.311 e. The highest BCUT2D eigenvalue weighted by molar-refractivity contribution is 5.82. The number of para-hydroxylation sites is 1. The van der Waals surface area contributed by atoms with E-state index in [-0.39, 0.29) is 11.5 Å². The first-order chi connectivity index (χ1) is 14.0. The van der Waals surface area contributed by atoms with E-state index >= 15 is 0 Å². The van der Waals surface area contributed by atoms with E-state index < -0.39 is 16.4 Å². The first-order valence-corrected chi connectivity index (χ1v) is 9.58. The minimum Gasteiger partial charge on any atom is -0.502 e. The Morgan fingerprint density at radius 2 is 1.93 bits per heavy atom. The molecule has 29 heavy (non-hydrogen) atoms. The number of phenolic OH excluding ortho intramolecular Hbond substituents is 1. The summed E-state index contributed by atoms with van der Waals surface area (Å²) >= 11 is 0. The SMILES string of the molecule is O=c1c2ccccc2nc(C2CCCCC2)n1N=Cc1ccc(O)c([N+](=O)[O-])c1. The van der Waals surface area contributed by atoms with Crippen LogP contribution in [-0.4, -0.2) is 25.9 Å². The lowest BCUT2D eigenvalue weighted by atomic mass is 9.88. The molecule has 3 aromatic rings. The number of nitro groups is 1. The van der Waals surface area contributed by atoms with E-state index in [1.165, 1.54) is 35.5 Å². The van der Waals surface area contributed by atoms with Gasteiger partial charge in [0.15, 0.2) is 5.75 Å². The zero-order valence-electron chi connectivity index (χ0n) is 15.7. The zero-order valence-corrected chi connectivity index (χ0v) is 15.7. The van der Waals surface area contributed by atoms with Crippen LogP contribution in [0, 0.1) is 10.1 Å². The molecule has 0 aliphatic heterocycles. The Hall–Kier alpha value is -3.55. The van der Waals surface area contributed by atoms with Crippen LogP contribution in [0.4, 0.5) is 5.69 Å². The molecule has 0 amide bonds. The molecule has 1 aliphatic carbocycles.